The Kier molecular flexibility index (Phi) is 4.62. The lowest BCUT2D eigenvalue weighted by Gasteiger charge is -2.22. The molecule has 1 aromatic heterocycles. The van der Waals surface area contributed by atoms with Gasteiger partial charge in [0, 0.05) is 28.5 Å². The van der Waals surface area contributed by atoms with Crippen LogP contribution in [0, 0.1) is 0 Å². The van der Waals surface area contributed by atoms with Gasteiger partial charge < -0.3 is 5.11 Å². The van der Waals surface area contributed by atoms with Gasteiger partial charge in [0.05, 0.1) is 11.5 Å². The van der Waals surface area contributed by atoms with Gasteiger partial charge in [0.25, 0.3) is 0 Å². The molecule has 0 amide bonds. The number of sulfonamides is 1. The Hall–Kier alpha value is -0.0800. The minimum Gasteiger partial charge on any atom is -0.391 e. The molecule has 19 heavy (non-hydrogen) atoms. The molecule has 1 fully saturated rings. The highest BCUT2D eigenvalue weighted by Gasteiger charge is 2.32. The molecule has 1 aliphatic heterocycles. The number of aliphatic hydroxyl groups excluding tert-OH is 1. The molecule has 2 rings (SSSR count). The van der Waals surface area contributed by atoms with Crippen LogP contribution in [0.4, 0.5) is 0 Å². The highest BCUT2D eigenvalue weighted by Crippen LogP contribution is 2.33. The SMILES string of the molecule is CC1(C)CCN(S(=O)(=O)c2ccsc2CO)CCS1. The second kappa shape index (κ2) is 5.73. The lowest BCUT2D eigenvalue weighted by Crippen LogP contribution is -2.33. The van der Waals surface area contributed by atoms with Crippen LogP contribution in [0.3, 0.4) is 0 Å². The van der Waals surface area contributed by atoms with E-state index in [2.05, 4.69) is 13.8 Å². The van der Waals surface area contributed by atoms with Crippen LogP contribution in [0.15, 0.2) is 16.3 Å². The zero-order valence-electron chi connectivity index (χ0n) is 11.1. The van der Waals surface area contributed by atoms with Gasteiger partial charge in [-0.1, -0.05) is 13.8 Å². The number of thioether (sulfide) groups is 1. The number of nitrogens with zero attached hydrogens (tertiary/aromatic N) is 1. The third-order valence-corrected chi connectivity index (χ3v) is 7.65. The van der Waals surface area contributed by atoms with Gasteiger partial charge in [0.15, 0.2) is 0 Å². The first-order chi connectivity index (χ1) is 8.87. The molecule has 0 radical (unpaired) electrons. The molecule has 0 unspecified atom stereocenters. The summed E-state index contributed by atoms with van der Waals surface area (Å²) in [6, 6.07) is 1.59. The summed E-state index contributed by atoms with van der Waals surface area (Å²) >= 11 is 3.10. The van der Waals surface area contributed by atoms with E-state index in [0.29, 0.717) is 18.0 Å². The molecular formula is C12H19NO3S3. The highest BCUT2D eigenvalue weighted by molar-refractivity contribution is 8.00. The Labute approximate surface area is 122 Å². The molecule has 108 valence electrons. The summed E-state index contributed by atoms with van der Waals surface area (Å²) in [4.78, 5) is 0.792. The molecule has 0 atom stereocenters. The number of thiophene rings is 1. The van der Waals surface area contributed by atoms with E-state index in [-0.39, 0.29) is 16.2 Å². The summed E-state index contributed by atoms with van der Waals surface area (Å²) in [5.41, 5.74) is 0. The fourth-order valence-corrected chi connectivity index (χ4v) is 5.98. The fourth-order valence-electron chi connectivity index (χ4n) is 2.06. The van der Waals surface area contributed by atoms with Gasteiger partial charge in [-0.25, -0.2) is 8.42 Å². The maximum absolute atomic E-state index is 12.6. The molecule has 1 aliphatic rings. The minimum absolute atomic E-state index is 0.124. The van der Waals surface area contributed by atoms with E-state index >= 15 is 0 Å². The Morgan fingerprint density at radius 3 is 2.84 bits per heavy atom. The standard InChI is InChI=1S/C12H19NO3S3/c1-12(2)4-5-13(6-8-18-12)19(15,16)11-3-7-17-10(11)9-14/h3,7,14H,4-6,8-9H2,1-2H3. The smallest absolute Gasteiger partial charge is 0.244 e. The van der Waals surface area contributed by atoms with E-state index in [0.717, 1.165) is 12.2 Å². The van der Waals surface area contributed by atoms with Gasteiger partial charge in [0.1, 0.15) is 0 Å². The molecule has 0 spiro atoms. The summed E-state index contributed by atoms with van der Waals surface area (Å²) in [5.74, 6) is 0.810. The first-order valence-electron chi connectivity index (χ1n) is 6.18. The van der Waals surface area contributed by atoms with Crippen molar-refractivity contribution in [2.75, 3.05) is 18.8 Å². The van der Waals surface area contributed by atoms with Crippen molar-refractivity contribution in [3.63, 3.8) is 0 Å². The average molecular weight is 321 g/mol. The van der Waals surface area contributed by atoms with Crippen LogP contribution < -0.4 is 0 Å². The van der Waals surface area contributed by atoms with Crippen molar-refractivity contribution < 1.29 is 13.5 Å². The third kappa shape index (κ3) is 3.33. The molecule has 0 saturated carbocycles. The van der Waals surface area contributed by atoms with Gasteiger partial charge in [-0.2, -0.15) is 16.1 Å². The molecule has 1 N–H and O–H groups in total. The first-order valence-corrected chi connectivity index (χ1v) is 9.49. The fraction of sp³-hybridized carbons (Fsp3) is 0.667. The van der Waals surface area contributed by atoms with E-state index in [1.54, 1.807) is 15.8 Å². The molecular weight excluding hydrogens is 302 g/mol. The Balaban J connectivity index is 2.25. The molecule has 2 heterocycles. The lowest BCUT2D eigenvalue weighted by molar-refractivity contribution is 0.282. The third-order valence-electron chi connectivity index (χ3n) is 3.26. The van der Waals surface area contributed by atoms with E-state index in [1.165, 1.54) is 11.3 Å². The quantitative estimate of drug-likeness (QED) is 0.927. The van der Waals surface area contributed by atoms with Gasteiger partial charge in [-0.3, -0.25) is 0 Å². The largest absolute Gasteiger partial charge is 0.391 e. The minimum atomic E-state index is -3.46. The van der Waals surface area contributed by atoms with E-state index in [1.807, 2.05) is 11.8 Å². The monoisotopic (exact) mass is 321 g/mol. The van der Waals surface area contributed by atoms with Crippen molar-refractivity contribution >= 4 is 33.1 Å². The van der Waals surface area contributed by atoms with Gasteiger partial charge >= 0.3 is 0 Å². The van der Waals surface area contributed by atoms with Crippen LogP contribution >= 0.6 is 23.1 Å². The Bertz CT molecular complexity index is 536. The van der Waals surface area contributed by atoms with Crippen LogP contribution in [-0.4, -0.2) is 41.4 Å². The molecule has 0 bridgehead atoms. The summed E-state index contributed by atoms with van der Waals surface area (Å²) < 4.78 is 26.9. The van der Waals surface area contributed by atoms with Crippen LogP contribution in [0.2, 0.25) is 0 Å². The Morgan fingerprint density at radius 1 is 1.42 bits per heavy atom. The van der Waals surface area contributed by atoms with E-state index < -0.39 is 10.0 Å². The number of hydrogen-bond acceptors (Lipinski definition) is 5. The molecule has 0 aliphatic carbocycles. The Morgan fingerprint density at radius 2 is 2.16 bits per heavy atom. The zero-order valence-corrected chi connectivity index (χ0v) is 13.6. The van der Waals surface area contributed by atoms with Crippen molar-refractivity contribution in [2.24, 2.45) is 0 Å². The van der Waals surface area contributed by atoms with Crippen LogP contribution in [0.1, 0.15) is 25.1 Å². The number of hydrogen-bond donors (Lipinski definition) is 1. The summed E-state index contributed by atoms with van der Waals surface area (Å²) in [6.07, 6.45) is 0.843. The molecule has 1 saturated heterocycles. The van der Waals surface area contributed by atoms with Crippen molar-refractivity contribution in [1.29, 1.82) is 0 Å². The summed E-state index contributed by atoms with van der Waals surface area (Å²) in [5, 5.41) is 10.9. The molecule has 1 aromatic rings. The van der Waals surface area contributed by atoms with Gasteiger partial charge in [-0.15, -0.1) is 11.3 Å². The maximum Gasteiger partial charge on any atom is 0.244 e. The van der Waals surface area contributed by atoms with E-state index in [4.69, 9.17) is 0 Å². The van der Waals surface area contributed by atoms with Crippen LogP contribution in [0.25, 0.3) is 0 Å². The number of aliphatic hydroxyl groups is 1. The van der Waals surface area contributed by atoms with Crippen LogP contribution in [-0.2, 0) is 16.6 Å². The number of rotatable bonds is 3. The van der Waals surface area contributed by atoms with Crippen LogP contribution in [0.5, 0.6) is 0 Å². The lowest BCUT2D eigenvalue weighted by atomic mass is 10.1. The normalized spacial score (nSPS) is 21.2. The van der Waals surface area contributed by atoms with E-state index in [9.17, 15) is 13.5 Å². The topological polar surface area (TPSA) is 57.6 Å². The molecule has 4 nitrogen and oxygen atoms in total. The van der Waals surface area contributed by atoms with Gasteiger partial charge in [-0.05, 0) is 17.9 Å². The summed E-state index contributed by atoms with van der Waals surface area (Å²) in [7, 11) is -3.46. The van der Waals surface area contributed by atoms with Crippen molar-refractivity contribution in [2.45, 2.75) is 36.5 Å². The predicted octanol–water partition coefficient (Wildman–Crippen LogP) is 2.15. The molecule has 0 aromatic carbocycles. The highest BCUT2D eigenvalue weighted by atomic mass is 32.2. The first kappa shape index (κ1) is 15.3. The average Bonchev–Trinajstić information content (AvgIpc) is 2.74. The van der Waals surface area contributed by atoms with Crippen molar-refractivity contribution in [3.8, 4) is 0 Å². The van der Waals surface area contributed by atoms with Gasteiger partial charge in [0.2, 0.25) is 10.0 Å². The molecule has 7 heteroatoms. The second-order valence-electron chi connectivity index (χ2n) is 5.13. The summed E-state index contributed by atoms with van der Waals surface area (Å²) in [6.45, 7) is 5.16. The predicted molar refractivity (Wildman–Crippen MR) is 80.2 cm³/mol. The van der Waals surface area contributed by atoms with Crippen molar-refractivity contribution in [3.05, 3.63) is 16.3 Å². The maximum atomic E-state index is 12.6. The zero-order chi connectivity index (χ0) is 14.1. The second-order valence-corrected chi connectivity index (χ2v) is 9.84. The van der Waals surface area contributed by atoms with Crippen molar-refractivity contribution in [1.82, 2.24) is 4.31 Å².